The zero-order valence-corrected chi connectivity index (χ0v) is 21.1. The Hall–Kier alpha value is -5.22. The van der Waals surface area contributed by atoms with E-state index in [4.69, 9.17) is 14.4 Å². The summed E-state index contributed by atoms with van der Waals surface area (Å²) in [5.74, 6) is 0.540. The second kappa shape index (κ2) is 9.58. The number of hydrogen-bond donors (Lipinski definition) is 1. The molecular weight excluding hydrogens is 480 g/mol. The molecule has 0 aliphatic rings. The van der Waals surface area contributed by atoms with Crippen molar-refractivity contribution in [3.05, 3.63) is 139 Å². The van der Waals surface area contributed by atoms with Gasteiger partial charge in [-0.3, -0.25) is 4.98 Å². The number of aromatic nitrogens is 2. The molecule has 0 saturated heterocycles. The van der Waals surface area contributed by atoms with Gasteiger partial charge in [0.1, 0.15) is 11.3 Å². The Balaban J connectivity index is 1.35. The Morgan fingerprint density at radius 2 is 1.36 bits per heavy atom. The average molecular weight is 505 g/mol. The minimum absolute atomic E-state index is 0.141. The van der Waals surface area contributed by atoms with Crippen LogP contribution >= 0.6 is 0 Å². The molecule has 0 aliphatic heterocycles. The number of benzene rings is 5. The van der Waals surface area contributed by atoms with Gasteiger partial charge < -0.3 is 9.52 Å². The number of aromatic hydroxyl groups is 1. The van der Waals surface area contributed by atoms with E-state index in [2.05, 4.69) is 72.8 Å². The fourth-order valence-corrected chi connectivity index (χ4v) is 5.21. The van der Waals surface area contributed by atoms with E-state index in [9.17, 15) is 5.11 Å². The van der Waals surface area contributed by atoms with Gasteiger partial charge in [0.2, 0.25) is 5.89 Å². The number of hydrogen-bond acceptors (Lipinski definition) is 4. The lowest BCUT2D eigenvalue weighted by Gasteiger charge is -2.12. The number of phenols is 1. The van der Waals surface area contributed by atoms with Crippen molar-refractivity contribution in [3.8, 4) is 39.5 Å². The minimum atomic E-state index is 0.141. The highest BCUT2D eigenvalue weighted by atomic mass is 16.3. The second-order valence-corrected chi connectivity index (χ2v) is 9.65. The number of para-hydroxylation sites is 2. The Bertz CT molecular complexity index is 1960. The predicted octanol–water partition coefficient (Wildman–Crippen LogP) is 8.67. The first-order valence-corrected chi connectivity index (χ1v) is 12.9. The monoisotopic (exact) mass is 504 g/mol. The molecule has 0 radical (unpaired) electrons. The molecule has 0 aliphatic carbocycles. The number of phenolic OH excluding ortho intramolecular Hbond substituents is 1. The number of rotatable bonds is 5. The third-order valence-electron chi connectivity index (χ3n) is 7.05. The normalized spacial score (nSPS) is 11.3. The zero-order valence-electron chi connectivity index (χ0n) is 21.1. The number of pyridine rings is 1. The van der Waals surface area contributed by atoms with Crippen LogP contribution < -0.4 is 0 Å². The average Bonchev–Trinajstić information content (AvgIpc) is 3.42. The lowest BCUT2D eigenvalue weighted by atomic mass is 9.93. The first-order valence-electron chi connectivity index (χ1n) is 12.9. The lowest BCUT2D eigenvalue weighted by molar-refractivity contribution is 0.474. The fourth-order valence-electron chi connectivity index (χ4n) is 5.21. The summed E-state index contributed by atoms with van der Waals surface area (Å²) in [5.41, 5.74) is 9.70. The third kappa shape index (κ3) is 4.32. The van der Waals surface area contributed by atoms with Crippen molar-refractivity contribution < 1.29 is 9.52 Å². The third-order valence-corrected chi connectivity index (χ3v) is 7.05. The Kier molecular flexibility index (Phi) is 5.64. The summed E-state index contributed by atoms with van der Waals surface area (Å²) < 4.78 is 6.06. The maximum absolute atomic E-state index is 10.3. The van der Waals surface area contributed by atoms with Crippen molar-refractivity contribution in [3.63, 3.8) is 0 Å². The summed E-state index contributed by atoms with van der Waals surface area (Å²) >= 11 is 0. The Morgan fingerprint density at radius 3 is 2.23 bits per heavy atom. The first-order chi connectivity index (χ1) is 19.2. The van der Waals surface area contributed by atoms with Crippen molar-refractivity contribution >= 4 is 22.0 Å². The molecule has 39 heavy (non-hydrogen) atoms. The molecule has 5 aromatic carbocycles. The van der Waals surface area contributed by atoms with E-state index in [1.54, 1.807) is 18.2 Å². The first kappa shape index (κ1) is 22.9. The van der Waals surface area contributed by atoms with Crippen molar-refractivity contribution in [2.24, 2.45) is 0 Å². The fraction of sp³-hybridized carbons (Fsp3) is 0.0286. The molecule has 0 saturated carbocycles. The molecule has 2 aromatic heterocycles. The van der Waals surface area contributed by atoms with E-state index < -0.39 is 0 Å². The highest BCUT2D eigenvalue weighted by molar-refractivity contribution is 5.97. The molecule has 0 atom stereocenters. The zero-order chi connectivity index (χ0) is 26.2. The van der Waals surface area contributed by atoms with Crippen LogP contribution in [0.2, 0.25) is 0 Å². The standard InChI is InChI=1S/C35H24N2O2/c38-31-16-5-4-14-29(31)35-37-34-28(15-7-17-32(34)39-35)25-11-6-12-26(22-25)30-21-24(19-23-9-2-1-3-10-23)20-27-13-8-18-36-33(27)30/h1-18,20-22,38H,19H2. The molecule has 1 N–H and O–H groups in total. The van der Waals surface area contributed by atoms with Crippen LogP contribution in [-0.2, 0) is 6.42 Å². The van der Waals surface area contributed by atoms with Gasteiger partial charge in [0.25, 0.3) is 0 Å². The van der Waals surface area contributed by atoms with Gasteiger partial charge in [-0.1, -0.05) is 78.9 Å². The second-order valence-electron chi connectivity index (χ2n) is 9.65. The van der Waals surface area contributed by atoms with Crippen LogP contribution in [0, 0.1) is 0 Å². The van der Waals surface area contributed by atoms with Crippen molar-refractivity contribution in [2.75, 3.05) is 0 Å². The molecule has 0 spiro atoms. The van der Waals surface area contributed by atoms with Gasteiger partial charge >= 0.3 is 0 Å². The largest absolute Gasteiger partial charge is 0.507 e. The van der Waals surface area contributed by atoms with Crippen molar-refractivity contribution in [1.82, 2.24) is 9.97 Å². The smallest absolute Gasteiger partial charge is 0.231 e. The lowest BCUT2D eigenvalue weighted by Crippen LogP contribution is -1.92. The van der Waals surface area contributed by atoms with Crippen LogP contribution in [0.4, 0.5) is 0 Å². The highest BCUT2D eigenvalue weighted by Gasteiger charge is 2.16. The molecule has 2 heterocycles. The summed E-state index contributed by atoms with van der Waals surface area (Å²) in [6, 6.07) is 40.7. The topological polar surface area (TPSA) is 59.2 Å². The number of nitrogens with zero attached hydrogens (tertiary/aromatic N) is 2. The van der Waals surface area contributed by atoms with E-state index in [0.717, 1.165) is 45.1 Å². The van der Waals surface area contributed by atoms with Crippen molar-refractivity contribution in [1.29, 1.82) is 0 Å². The Morgan fingerprint density at radius 1 is 0.590 bits per heavy atom. The van der Waals surface area contributed by atoms with Gasteiger partial charge in [0.15, 0.2) is 5.58 Å². The molecule has 4 heteroatoms. The van der Waals surface area contributed by atoms with Crippen LogP contribution in [0.25, 0.3) is 55.7 Å². The van der Waals surface area contributed by atoms with E-state index in [-0.39, 0.29) is 5.75 Å². The summed E-state index contributed by atoms with van der Waals surface area (Å²) in [7, 11) is 0. The molecule has 0 amide bonds. The van der Waals surface area contributed by atoms with Gasteiger partial charge in [-0.15, -0.1) is 0 Å². The SMILES string of the molecule is Oc1ccccc1-c1nc2c(-c3cccc(-c4cc(Cc5ccccc5)cc5cccnc45)c3)cccc2o1. The Labute approximate surface area is 225 Å². The molecule has 4 nitrogen and oxygen atoms in total. The molecule has 0 bridgehead atoms. The molecule has 186 valence electrons. The summed E-state index contributed by atoms with van der Waals surface area (Å²) in [5, 5.41) is 11.5. The molecule has 0 fully saturated rings. The van der Waals surface area contributed by atoms with E-state index >= 15 is 0 Å². The van der Waals surface area contributed by atoms with Gasteiger partial charge in [-0.25, -0.2) is 4.98 Å². The van der Waals surface area contributed by atoms with Gasteiger partial charge in [-0.05, 0) is 71.1 Å². The summed E-state index contributed by atoms with van der Waals surface area (Å²) in [6.45, 7) is 0. The maximum Gasteiger partial charge on any atom is 0.231 e. The molecule has 0 unspecified atom stereocenters. The van der Waals surface area contributed by atoms with Gasteiger partial charge in [-0.2, -0.15) is 0 Å². The van der Waals surface area contributed by atoms with Crippen LogP contribution in [0.1, 0.15) is 11.1 Å². The van der Waals surface area contributed by atoms with Crippen molar-refractivity contribution in [2.45, 2.75) is 6.42 Å². The van der Waals surface area contributed by atoms with Crippen LogP contribution in [0.5, 0.6) is 5.75 Å². The number of fused-ring (bicyclic) bond motifs is 2. The summed E-state index contributed by atoms with van der Waals surface area (Å²) in [4.78, 5) is 9.55. The highest BCUT2D eigenvalue weighted by Crippen LogP contribution is 2.37. The van der Waals surface area contributed by atoms with Crippen LogP contribution in [0.3, 0.4) is 0 Å². The van der Waals surface area contributed by atoms with Crippen LogP contribution in [-0.4, -0.2) is 15.1 Å². The quantitative estimate of drug-likeness (QED) is 0.255. The van der Waals surface area contributed by atoms with E-state index in [1.807, 2.05) is 36.5 Å². The molecule has 7 rings (SSSR count). The van der Waals surface area contributed by atoms with Gasteiger partial charge in [0, 0.05) is 22.7 Å². The van der Waals surface area contributed by atoms with Gasteiger partial charge in [0.05, 0.1) is 11.1 Å². The van der Waals surface area contributed by atoms with E-state index in [1.165, 1.54) is 11.1 Å². The van der Waals surface area contributed by atoms with Crippen LogP contribution in [0.15, 0.2) is 132 Å². The minimum Gasteiger partial charge on any atom is -0.507 e. The number of oxazole rings is 1. The maximum atomic E-state index is 10.3. The molecular formula is C35H24N2O2. The summed E-state index contributed by atoms with van der Waals surface area (Å²) in [6.07, 6.45) is 2.70. The van der Waals surface area contributed by atoms with E-state index in [0.29, 0.717) is 17.0 Å². The predicted molar refractivity (Wildman–Crippen MR) is 157 cm³/mol. The molecule has 7 aromatic rings.